The standard InChI is InChI=1S/C13H22N2O3/c16-11(17)8-13(5-1-6-13)9-15-12(18)14-7-4-10-2-3-10/h10H,1-9H2,(H,16,17)(H2,14,15,18). The van der Waals surface area contributed by atoms with Crippen molar-refractivity contribution in [3.63, 3.8) is 0 Å². The maximum absolute atomic E-state index is 11.5. The highest BCUT2D eigenvalue weighted by molar-refractivity contribution is 5.74. The molecule has 0 aromatic carbocycles. The molecule has 0 bridgehead atoms. The molecule has 0 radical (unpaired) electrons. The van der Waals surface area contributed by atoms with Crippen molar-refractivity contribution < 1.29 is 14.7 Å². The van der Waals surface area contributed by atoms with Crippen LogP contribution in [0.3, 0.4) is 0 Å². The molecular weight excluding hydrogens is 232 g/mol. The molecule has 0 atom stereocenters. The van der Waals surface area contributed by atoms with Gasteiger partial charge in [0, 0.05) is 13.1 Å². The van der Waals surface area contributed by atoms with Crippen LogP contribution in [0.25, 0.3) is 0 Å². The minimum absolute atomic E-state index is 0.160. The number of nitrogens with one attached hydrogen (secondary N) is 2. The summed E-state index contributed by atoms with van der Waals surface area (Å²) >= 11 is 0. The first-order valence-corrected chi connectivity index (χ1v) is 6.83. The lowest BCUT2D eigenvalue weighted by Crippen LogP contribution is -2.46. The lowest BCUT2D eigenvalue weighted by molar-refractivity contribution is -0.141. The SMILES string of the molecule is O=C(O)CC1(CNC(=O)NCCC2CC2)CCC1. The van der Waals surface area contributed by atoms with Crippen LogP contribution in [0.2, 0.25) is 0 Å². The first-order chi connectivity index (χ1) is 8.60. The smallest absolute Gasteiger partial charge is 0.314 e. The van der Waals surface area contributed by atoms with Crippen LogP contribution in [0.1, 0.15) is 44.9 Å². The molecule has 0 aliphatic heterocycles. The van der Waals surface area contributed by atoms with E-state index in [0.29, 0.717) is 6.54 Å². The molecule has 5 heteroatoms. The van der Waals surface area contributed by atoms with Gasteiger partial charge in [0.15, 0.2) is 0 Å². The van der Waals surface area contributed by atoms with Crippen LogP contribution in [-0.4, -0.2) is 30.2 Å². The summed E-state index contributed by atoms with van der Waals surface area (Å²) in [6.45, 7) is 1.21. The Hall–Kier alpha value is -1.26. The molecule has 0 aromatic heterocycles. The van der Waals surface area contributed by atoms with Gasteiger partial charge >= 0.3 is 12.0 Å². The number of carbonyl (C=O) groups is 2. The summed E-state index contributed by atoms with van der Waals surface area (Å²) in [7, 11) is 0. The molecule has 2 aliphatic rings. The normalized spacial score (nSPS) is 20.9. The number of carboxylic acid groups (broad SMARTS) is 1. The van der Waals surface area contributed by atoms with Crippen LogP contribution in [0, 0.1) is 11.3 Å². The molecule has 3 N–H and O–H groups in total. The molecular formula is C13H22N2O3. The molecule has 2 rings (SSSR count). The topological polar surface area (TPSA) is 78.4 Å². The molecule has 0 spiro atoms. The van der Waals surface area contributed by atoms with Gasteiger partial charge in [0.1, 0.15) is 0 Å². The first kappa shape index (κ1) is 13.2. The Balaban J connectivity index is 1.62. The fraction of sp³-hybridized carbons (Fsp3) is 0.846. The van der Waals surface area contributed by atoms with Crippen molar-refractivity contribution >= 4 is 12.0 Å². The van der Waals surface area contributed by atoms with E-state index in [1.165, 1.54) is 12.8 Å². The zero-order valence-corrected chi connectivity index (χ0v) is 10.7. The summed E-state index contributed by atoms with van der Waals surface area (Å²) in [4.78, 5) is 22.3. The number of amides is 2. The highest BCUT2D eigenvalue weighted by Crippen LogP contribution is 2.43. The van der Waals surface area contributed by atoms with Gasteiger partial charge < -0.3 is 15.7 Å². The first-order valence-electron chi connectivity index (χ1n) is 6.83. The lowest BCUT2D eigenvalue weighted by atomic mass is 9.66. The quantitative estimate of drug-likeness (QED) is 0.647. The van der Waals surface area contributed by atoms with Crippen LogP contribution in [0.4, 0.5) is 4.79 Å². The highest BCUT2D eigenvalue weighted by Gasteiger charge is 2.39. The Morgan fingerprint density at radius 3 is 2.44 bits per heavy atom. The zero-order valence-electron chi connectivity index (χ0n) is 10.7. The van der Waals surface area contributed by atoms with Gasteiger partial charge in [-0.2, -0.15) is 0 Å². The summed E-state index contributed by atoms with van der Waals surface area (Å²) in [6.07, 6.45) is 6.70. The minimum atomic E-state index is -0.773. The van der Waals surface area contributed by atoms with E-state index in [9.17, 15) is 9.59 Å². The van der Waals surface area contributed by atoms with Crippen molar-refractivity contribution in [1.29, 1.82) is 0 Å². The average Bonchev–Trinajstić information content (AvgIpc) is 3.05. The van der Waals surface area contributed by atoms with Crippen molar-refractivity contribution in [3.05, 3.63) is 0 Å². The van der Waals surface area contributed by atoms with E-state index in [1.54, 1.807) is 0 Å². The Morgan fingerprint density at radius 1 is 1.22 bits per heavy atom. The van der Waals surface area contributed by atoms with Gasteiger partial charge in [-0.1, -0.05) is 19.3 Å². The number of aliphatic carboxylic acids is 1. The summed E-state index contributed by atoms with van der Waals surface area (Å²) in [5.74, 6) is 0.0425. The Bertz CT molecular complexity index is 322. The van der Waals surface area contributed by atoms with Gasteiger partial charge in [0.2, 0.25) is 0 Å². The molecule has 18 heavy (non-hydrogen) atoms. The monoisotopic (exact) mass is 254 g/mol. The van der Waals surface area contributed by atoms with E-state index in [2.05, 4.69) is 10.6 Å². The Morgan fingerprint density at radius 2 is 1.94 bits per heavy atom. The molecule has 5 nitrogen and oxygen atoms in total. The Kier molecular flexibility index (Phi) is 4.09. The zero-order chi connectivity index (χ0) is 13.0. The van der Waals surface area contributed by atoms with Crippen LogP contribution < -0.4 is 10.6 Å². The number of carboxylic acids is 1. The van der Waals surface area contributed by atoms with Gasteiger partial charge in [-0.25, -0.2) is 4.79 Å². The Labute approximate surface area is 107 Å². The number of hydrogen-bond acceptors (Lipinski definition) is 2. The summed E-state index contributed by atoms with van der Waals surface area (Å²) in [5, 5.41) is 14.5. The number of urea groups is 1. The van der Waals surface area contributed by atoms with Crippen molar-refractivity contribution in [3.8, 4) is 0 Å². The molecule has 2 fully saturated rings. The van der Waals surface area contributed by atoms with E-state index < -0.39 is 5.97 Å². The molecule has 2 saturated carbocycles. The number of rotatable bonds is 7. The third-order valence-corrected chi connectivity index (χ3v) is 4.10. The van der Waals surface area contributed by atoms with Gasteiger partial charge in [0.25, 0.3) is 0 Å². The molecule has 2 amide bonds. The number of hydrogen-bond donors (Lipinski definition) is 3. The van der Waals surface area contributed by atoms with Gasteiger partial charge in [-0.15, -0.1) is 0 Å². The van der Waals surface area contributed by atoms with Gasteiger partial charge in [0.05, 0.1) is 6.42 Å². The predicted octanol–water partition coefficient (Wildman–Crippen LogP) is 1.73. The van der Waals surface area contributed by atoms with E-state index in [-0.39, 0.29) is 17.9 Å². The van der Waals surface area contributed by atoms with Crippen molar-refractivity contribution in [1.82, 2.24) is 10.6 Å². The second-order valence-electron chi connectivity index (χ2n) is 5.77. The molecule has 0 aromatic rings. The highest BCUT2D eigenvalue weighted by atomic mass is 16.4. The second kappa shape index (κ2) is 5.59. The van der Waals surface area contributed by atoms with E-state index in [0.717, 1.165) is 38.1 Å². The van der Waals surface area contributed by atoms with Crippen molar-refractivity contribution in [2.24, 2.45) is 11.3 Å². The molecule has 2 aliphatic carbocycles. The second-order valence-corrected chi connectivity index (χ2v) is 5.77. The fourth-order valence-corrected chi connectivity index (χ4v) is 2.54. The third kappa shape index (κ3) is 3.89. The van der Waals surface area contributed by atoms with Gasteiger partial charge in [-0.3, -0.25) is 4.79 Å². The summed E-state index contributed by atoms with van der Waals surface area (Å²) in [6, 6.07) is -0.160. The average molecular weight is 254 g/mol. The third-order valence-electron chi connectivity index (χ3n) is 4.10. The molecule has 102 valence electrons. The van der Waals surface area contributed by atoms with Crippen LogP contribution in [-0.2, 0) is 4.79 Å². The summed E-state index contributed by atoms with van der Waals surface area (Å²) in [5.41, 5.74) is -0.195. The lowest BCUT2D eigenvalue weighted by Gasteiger charge is -2.40. The van der Waals surface area contributed by atoms with Crippen LogP contribution in [0.5, 0.6) is 0 Å². The largest absolute Gasteiger partial charge is 0.481 e. The number of carbonyl (C=O) groups excluding carboxylic acids is 1. The van der Waals surface area contributed by atoms with E-state index in [1.807, 2.05) is 0 Å². The molecule has 0 saturated heterocycles. The predicted molar refractivity (Wildman–Crippen MR) is 67.3 cm³/mol. The van der Waals surface area contributed by atoms with Crippen LogP contribution >= 0.6 is 0 Å². The van der Waals surface area contributed by atoms with E-state index >= 15 is 0 Å². The van der Waals surface area contributed by atoms with E-state index in [4.69, 9.17) is 5.11 Å². The van der Waals surface area contributed by atoms with Gasteiger partial charge in [-0.05, 0) is 30.6 Å². The van der Waals surface area contributed by atoms with Crippen molar-refractivity contribution in [2.45, 2.75) is 44.9 Å². The molecule has 0 unspecified atom stereocenters. The minimum Gasteiger partial charge on any atom is -0.481 e. The fourth-order valence-electron chi connectivity index (χ4n) is 2.54. The maximum atomic E-state index is 11.5. The van der Waals surface area contributed by atoms with Crippen molar-refractivity contribution in [2.75, 3.05) is 13.1 Å². The summed E-state index contributed by atoms with van der Waals surface area (Å²) < 4.78 is 0. The molecule has 0 heterocycles. The van der Waals surface area contributed by atoms with Crippen LogP contribution in [0.15, 0.2) is 0 Å². The maximum Gasteiger partial charge on any atom is 0.314 e.